The van der Waals surface area contributed by atoms with Crippen molar-refractivity contribution in [3.8, 4) is 39.7 Å². The maximum absolute atomic E-state index is 6.00. The number of unbranched alkanes of at least 4 members (excludes halogenated alkanes) is 1. The molecule has 1 heterocycles. The maximum atomic E-state index is 6.00. The summed E-state index contributed by atoms with van der Waals surface area (Å²) in [5.74, 6) is 1.75. The van der Waals surface area contributed by atoms with Crippen molar-refractivity contribution < 1.29 is 4.74 Å². The standard InChI is InChI=1S/C29H33N3O.2C2H6/c1-3-5-20-32(4-2)21-22-33-26-18-16-25(17-19-26)29-30-27(23-12-8-6-9-13-23)28(31-29)24-14-10-7-11-15-24;2*1-2/h6-19H,3-5,20-22H2,1-2H3,(H,30,31);2*1-2H3. The highest BCUT2D eigenvalue weighted by atomic mass is 16.5. The van der Waals surface area contributed by atoms with Crippen molar-refractivity contribution in [3.63, 3.8) is 0 Å². The van der Waals surface area contributed by atoms with Crippen LogP contribution in [0.15, 0.2) is 84.9 Å². The predicted octanol–water partition coefficient (Wildman–Crippen LogP) is 8.96. The first-order valence-corrected chi connectivity index (χ1v) is 13.9. The molecule has 0 aliphatic heterocycles. The molecule has 4 aromatic rings. The molecule has 1 aromatic heterocycles. The number of nitrogens with one attached hydrogen (secondary N) is 1. The van der Waals surface area contributed by atoms with Gasteiger partial charge in [0, 0.05) is 23.2 Å². The Labute approximate surface area is 224 Å². The average Bonchev–Trinajstić information content (AvgIpc) is 3.44. The molecule has 0 unspecified atom stereocenters. The van der Waals surface area contributed by atoms with Crippen LogP contribution in [0.3, 0.4) is 0 Å². The van der Waals surface area contributed by atoms with Gasteiger partial charge in [0.2, 0.25) is 0 Å². The second-order valence-electron chi connectivity index (χ2n) is 8.20. The Morgan fingerprint density at radius 3 is 1.86 bits per heavy atom. The zero-order valence-corrected chi connectivity index (χ0v) is 23.6. The van der Waals surface area contributed by atoms with E-state index < -0.39 is 0 Å². The van der Waals surface area contributed by atoms with Crippen LogP contribution in [0.5, 0.6) is 5.75 Å². The highest BCUT2D eigenvalue weighted by Gasteiger charge is 2.15. The molecule has 4 nitrogen and oxygen atoms in total. The third-order valence-corrected chi connectivity index (χ3v) is 5.89. The number of H-pyrrole nitrogens is 1. The minimum atomic E-state index is 0.702. The fourth-order valence-corrected chi connectivity index (χ4v) is 3.94. The van der Waals surface area contributed by atoms with Crippen molar-refractivity contribution in [1.82, 2.24) is 14.9 Å². The predicted molar refractivity (Wildman–Crippen MR) is 160 cm³/mol. The van der Waals surface area contributed by atoms with E-state index in [9.17, 15) is 0 Å². The maximum Gasteiger partial charge on any atom is 0.138 e. The van der Waals surface area contributed by atoms with E-state index in [-0.39, 0.29) is 0 Å². The molecule has 0 aliphatic carbocycles. The second kappa shape index (κ2) is 17.1. The van der Waals surface area contributed by atoms with E-state index in [0.29, 0.717) is 6.61 Å². The summed E-state index contributed by atoms with van der Waals surface area (Å²) in [5.41, 5.74) is 5.26. The Morgan fingerprint density at radius 1 is 0.703 bits per heavy atom. The van der Waals surface area contributed by atoms with Gasteiger partial charge in [0.05, 0.1) is 11.4 Å². The highest BCUT2D eigenvalue weighted by Crippen LogP contribution is 2.33. The molecule has 4 rings (SSSR count). The van der Waals surface area contributed by atoms with Crippen molar-refractivity contribution >= 4 is 0 Å². The molecule has 37 heavy (non-hydrogen) atoms. The normalized spacial score (nSPS) is 10.2. The van der Waals surface area contributed by atoms with Crippen LogP contribution in [0, 0.1) is 0 Å². The molecule has 4 heteroatoms. The van der Waals surface area contributed by atoms with Gasteiger partial charge in [-0.15, -0.1) is 0 Å². The molecule has 0 radical (unpaired) electrons. The summed E-state index contributed by atoms with van der Waals surface area (Å²) in [6.07, 6.45) is 2.46. The number of likely N-dealkylation sites (N-methyl/N-ethyl adjacent to an activating group) is 1. The van der Waals surface area contributed by atoms with Gasteiger partial charge in [-0.3, -0.25) is 0 Å². The van der Waals surface area contributed by atoms with Gasteiger partial charge in [-0.2, -0.15) is 0 Å². The molecule has 1 N–H and O–H groups in total. The van der Waals surface area contributed by atoms with Gasteiger partial charge in [-0.25, -0.2) is 4.98 Å². The Bertz CT molecular complexity index is 1050. The number of rotatable bonds is 11. The van der Waals surface area contributed by atoms with Gasteiger partial charge in [-0.1, -0.05) is 109 Å². The van der Waals surface area contributed by atoms with Crippen LogP contribution in [-0.4, -0.2) is 41.1 Å². The fraction of sp³-hybridized carbons (Fsp3) is 0.364. The lowest BCUT2D eigenvalue weighted by Crippen LogP contribution is -2.29. The molecule has 0 spiro atoms. The van der Waals surface area contributed by atoms with Crippen LogP contribution < -0.4 is 4.74 Å². The summed E-state index contributed by atoms with van der Waals surface area (Å²) in [5, 5.41) is 0. The van der Waals surface area contributed by atoms with Crippen LogP contribution in [0.25, 0.3) is 33.9 Å². The molecular formula is C33H45N3O. The molecule has 198 valence electrons. The molecule has 0 bridgehead atoms. The van der Waals surface area contributed by atoms with E-state index in [1.54, 1.807) is 0 Å². The van der Waals surface area contributed by atoms with Gasteiger partial charge in [0.15, 0.2) is 0 Å². The molecule has 0 fully saturated rings. The van der Waals surface area contributed by atoms with Crippen LogP contribution in [0.2, 0.25) is 0 Å². The number of benzene rings is 3. The van der Waals surface area contributed by atoms with Gasteiger partial charge in [0.1, 0.15) is 18.2 Å². The lowest BCUT2D eigenvalue weighted by atomic mass is 10.1. The van der Waals surface area contributed by atoms with E-state index >= 15 is 0 Å². The van der Waals surface area contributed by atoms with Crippen molar-refractivity contribution in [2.75, 3.05) is 26.2 Å². The monoisotopic (exact) mass is 499 g/mol. The van der Waals surface area contributed by atoms with Crippen LogP contribution in [-0.2, 0) is 0 Å². The van der Waals surface area contributed by atoms with Crippen molar-refractivity contribution in [3.05, 3.63) is 84.9 Å². The van der Waals surface area contributed by atoms with E-state index in [1.807, 2.05) is 64.1 Å². The molecule has 3 aromatic carbocycles. The van der Waals surface area contributed by atoms with Crippen LogP contribution >= 0.6 is 0 Å². The van der Waals surface area contributed by atoms with Crippen LogP contribution in [0.4, 0.5) is 0 Å². The van der Waals surface area contributed by atoms with Crippen LogP contribution in [0.1, 0.15) is 54.4 Å². The summed E-state index contributed by atoms with van der Waals surface area (Å²) >= 11 is 0. The number of nitrogens with zero attached hydrogens (tertiary/aromatic N) is 2. The first-order valence-electron chi connectivity index (χ1n) is 13.9. The van der Waals surface area contributed by atoms with E-state index in [0.717, 1.165) is 59.3 Å². The number of aromatic nitrogens is 2. The Balaban J connectivity index is 0.00000115. The quantitative estimate of drug-likeness (QED) is 0.224. The second-order valence-corrected chi connectivity index (χ2v) is 8.20. The van der Waals surface area contributed by atoms with Gasteiger partial charge >= 0.3 is 0 Å². The zero-order valence-electron chi connectivity index (χ0n) is 23.6. The Morgan fingerprint density at radius 2 is 1.30 bits per heavy atom. The summed E-state index contributed by atoms with van der Waals surface area (Å²) in [6, 6.07) is 28.9. The Hall–Kier alpha value is -3.37. The number of hydrogen-bond donors (Lipinski definition) is 1. The van der Waals surface area contributed by atoms with E-state index in [4.69, 9.17) is 9.72 Å². The average molecular weight is 500 g/mol. The minimum Gasteiger partial charge on any atom is -0.492 e. The number of hydrogen-bond acceptors (Lipinski definition) is 3. The highest BCUT2D eigenvalue weighted by molar-refractivity contribution is 5.81. The van der Waals surface area contributed by atoms with E-state index in [1.165, 1.54) is 12.8 Å². The summed E-state index contributed by atoms with van der Waals surface area (Å²) in [7, 11) is 0. The van der Waals surface area contributed by atoms with Crippen molar-refractivity contribution in [2.45, 2.75) is 54.4 Å². The molecule has 0 atom stereocenters. The lowest BCUT2D eigenvalue weighted by Gasteiger charge is -2.20. The third kappa shape index (κ3) is 8.91. The summed E-state index contributed by atoms with van der Waals surface area (Å²) < 4.78 is 6.00. The first kappa shape index (κ1) is 29.9. The third-order valence-electron chi connectivity index (χ3n) is 5.89. The van der Waals surface area contributed by atoms with Gasteiger partial charge in [-0.05, 0) is 43.8 Å². The van der Waals surface area contributed by atoms with Crippen molar-refractivity contribution in [2.24, 2.45) is 0 Å². The number of imidazole rings is 1. The molecular weight excluding hydrogens is 454 g/mol. The SMILES string of the molecule is CC.CC.CCCCN(CC)CCOc1ccc(-c2nc(-c3ccccc3)c(-c3ccccc3)[nH]2)cc1. The number of aromatic amines is 1. The topological polar surface area (TPSA) is 41.1 Å². The van der Waals surface area contributed by atoms with Gasteiger partial charge in [0.25, 0.3) is 0 Å². The summed E-state index contributed by atoms with van der Waals surface area (Å²) in [6.45, 7) is 16.3. The molecule has 0 saturated carbocycles. The minimum absolute atomic E-state index is 0.702. The van der Waals surface area contributed by atoms with Gasteiger partial charge < -0.3 is 14.6 Å². The molecule has 0 amide bonds. The van der Waals surface area contributed by atoms with E-state index in [2.05, 4.69) is 72.3 Å². The fourth-order valence-electron chi connectivity index (χ4n) is 3.94. The molecule has 0 saturated heterocycles. The zero-order chi connectivity index (χ0) is 26.9. The number of ether oxygens (including phenoxy) is 1. The largest absolute Gasteiger partial charge is 0.492 e. The smallest absolute Gasteiger partial charge is 0.138 e. The summed E-state index contributed by atoms with van der Waals surface area (Å²) in [4.78, 5) is 11.0. The molecule has 0 aliphatic rings. The lowest BCUT2D eigenvalue weighted by molar-refractivity contribution is 0.213. The Kier molecular flexibility index (Phi) is 13.8. The van der Waals surface area contributed by atoms with Crippen molar-refractivity contribution in [1.29, 1.82) is 0 Å². The first-order chi connectivity index (χ1) is 18.3.